The molecule has 0 atom stereocenters. The van der Waals surface area contributed by atoms with Crippen molar-refractivity contribution in [3.63, 3.8) is 0 Å². The van der Waals surface area contributed by atoms with Crippen molar-refractivity contribution in [1.82, 2.24) is 0 Å². The molecular weight excluding hydrogens is 254 g/mol. The number of anilines is 1. The average molecular weight is 269 g/mol. The van der Waals surface area contributed by atoms with Gasteiger partial charge in [0.25, 0.3) is 5.91 Å². The molecule has 0 saturated heterocycles. The Morgan fingerprint density at radius 1 is 1.11 bits per heavy atom. The molecule has 2 rings (SSSR count). The summed E-state index contributed by atoms with van der Waals surface area (Å²) in [6.45, 7) is 3.71. The third-order valence-electron chi connectivity index (χ3n) is 2.53. The van der Waals surface area contributed by atoms with Gasteiger partial charge >= 0.3 is 0 Å². The first-order valence-electron chi connectivity index (χ1n) is 6.00. The fourth-order valence-corrected chi connectivity index (χ4v) is 2.38. The van der Waals surface area contributed by atoms with Crippen molar-refractivity contribution in [2.45, 2.75) is 4.90 Å². The summed E-state index contributed by atoms with van der Waals surface area (Å²) in [5.74, 6) is 0.727. The molecule has 1 amide bonds. The number of hydrogen-bond acceptors (Lipinski definition) is 2. The molecule has 0 aliphatic carbocycles. The Morgan fingerprint density at radius 3 is 2.53 bits per heavy atom. The Kier molecular flexibility index (Phi) is 4.81. The van der Waals surface area contributed by atoms with Gasteiger partial charge in [-0.3, -0.25) is 4.79 Å². The number of nitrogens with one attached hydrogen (secondary N) is 1. The highest BCUT2D eigenvalue weighted by Crippen LogP contribution is 2.27. The van der Waals surface area contributed by atoms with Crippen molar-refractivity contribution in [2.75, 3.05) is 11.1 Å². The molecule has 0 radical (unpaired) electrons. The molecule has 0 fully saturated rings. The molecule has 19 heavy (non-hydrogen) atoms. The monoisotopic (exact) mass is 269 g/mol. The van der Waals surface area contributed by atoms with Crippen LogP contribution in [0, 0.1) is 0 Å². The summed E-state index contributed by atoms with van der Waals surface area (Å²) in [4.78, 5) is 13.1. The number of rotatable bonds is 5. The maximum Gasteiger partial charge on any atom is 0.255 e. The Hall–Kier alpha value is -2.00. The predicted molar refractivity (Wildman–Crippen MR) is 81.8 cm³/mol. The summed E-state index contributed by atoms with van der Waals surface area (Å²) in [5, 5.41) is 2.94. The molecule has 0 aromatic heterocycles. The number of benzene rings is 2. The van der Waals surface area contributed by atoms with Crippen LogP contribution in [0.3, 0.4) is 0 Å². The van der Waals surface area contributed by atoms with E-state index in [1.807, 2.05) is 48.5 Å². The van der Waals surface area contributed by atoms with E-state index in [9.17, 15) is 4.79 Å². The largest absolute Gasteiger partial charge is 0.321 e. The van der Waals surface area contributed by atoms with E-state index in [-0.39, 0.29) is 5.91 Å². The van der Waals surface area contributed by atoms with Crippen molar-refractivity contribution in [3.8, 4) is 0 Å². The quantitative estimate of drug-likeness (QED) is 0.650. The van der Waals surface area contributed by atoms with Gasteiger partial charge in [-0.25, -0.2) is 0 Å². The van der Waals surface area contributed by atoms with Gasteiger partial charge < -0.3 is 5.32 Å². The molecule has 2 aromatic carbocycles. The second kappa shape index (κ2) is 6.81. The van der Waals surface area contributed by atoms with Crippen molar-refractivity contribution in [2.24, 2.45) is 0 Å². The zero-order chi connectivity index (χ0) is 13.5. The Bertz CT molecular complexity index is 566. The van der Waals surface area contributed by atoms with Gasteiger partial charge in [-0.15, -0.1) is 18.3 Å². The lowest BCUT2D eigenvalue weighted by Crippen LogP contribution is -2.12. The van der Waals surface area contributed by atoms with Crippen LogP contribution in [0.25, 0.3) is 0 Å². The summed E-state index contributed by atoms with van der Waals surface area (Å²) >= 11 is 1.65. The smallest absolute Gasteiger partial charge is 0.255 e. The topological polar surface area (TPSA) is 29.1 Å². The molecule has 0 aliphatic rings. The van der Waals surface area contributed by atoms with Crippen molar-refractivity contribution in [3.05, 3.63) is 72.8 Å². The van der Waals surface area contributed by atoms with Crippen LogP contribution >= 0.6 is 11.8 Å². The lowest BCUT2D eigenvalue weighted by atomic mass is 10.2. The standard InChI is InChI=1S/C16H15NOS/c1-2-12-19-15-11-7-6-10-14(15)17-16(18)13-8-4-3-5-9-13/h2-11H,1,12H2,(H,17,18). The van der Waals surface area contributed by atoms with E-state index in [1.165, 1.54) is 0 Å². The highest BCUT2D eigenvalue weighted by Gasteiger charge is 2.08. The van der Waals surface area contributed by atoms with Gasteiger partial charge in [0, 0.05) is 16.2 Å². The first-order chi connectivity index (χ1) is 9.31. The third-order valence-corrected chi connectivity index (χ3v) is 3.60. The Balaban J connectivity index is 2.14. The zero-order valence-electron chi connectivity index (χ0n) is 10.5. The molecular formula is C16H15NOS. The first-order valence-corrected chi connectivity index (χ1v) is 6.99. The fraction of sp³-hybridized carbons (Fsp3) is 0.0625. The zero-order valence-corrected chi connectivity index (χ0v) is 11.3. The second-order valence-corrected chi connectivity index (χ2v) is 4.98. The number of carbonyl (C=O) groups excluding carboxylic acids is 1. The molecule has 0 bridgehead atoms. The van der Waals surface area contributed by atoms with Crippen molar-refractivity contribution >= 4 is 23.4 Å². The molecule has 0 aliphatic heterocycles. The molecule has 1 N–H and O–H groups in total. The van der Waals surface area contributed by atoms with E-state index >= 15 is 0 Å². The Morgan fingerprint density at radius 2 is 1.79 bits per heavy atom. The van der Waals surface area contributed by atoms with Gasteiger partial charge in [-0.2, -0.15) is 0 Å². The molecule has 96 valence electrons. The van der Waals surface area contributed by atoms with Crippen LogP contribution in [-0.2, 0) is 0 Å². The number of thioether (sulfide) groups is 1. The Labute approximate surface area is 117 Å². The maximum atomic E-state index is 12.1. The average Bonchev–Trinajstić information content (AvgIpc) is 2.47. The van der Waals surface area contributed by atoms with Crippen LogP contribution in [-0.4, -0.2) is 11.7 Å². The molecule has 0 spiro atoms. The summed E-state index contributed by atoms with van der Waals surface area (Å²) in [5.41, 5.74) is 1.49. The molecule has 2 aromatic rings. The van der Waals surface area contributed by atoms with Crippen LogP contribution in [0.2, 0.25) is 0 Å². The van der Waals surface area contributed by atoms with E-state index in [2.05, 4.69) is 11.9 Å². The number of carbonyl (C=O) groups is 1. The van der Waals surface area contributed by atoms with Gasteiger partial charge in [0.15, 0.2) is 0 Å². The van der Waals surface area contributed by atoms with E-state index in [0.29, 0.717) is 5.56 Å². The summed E-state index contributed by atoms with van der Waals surface area (Å²) < 4.78 is 0. The van der Waals surface area contributed by atoms with Crippen LogP contribution in [0.4, 0.5) is 5.69 Å². The minimum Gasteiger partial charge on any atom is -0.321 e. The minimum absolute atomic E-state index is 0.0905. The van der Waals surface area contributed by atoms with Crippen molar-refractivity contribution < 1.29 is 4.79 Å². The van der Waals surface area contributed by atoms with Crippen LogP contribution in [0.1, 0.15) is 10.4 Å². The summed E-state index contributed by atoms with van der Waals surface area (Å²) in [6.07, 6.45) is 1.85. The van der Waals surface area contributed by atoms with Crippen LogP contribution in [0.5, 0.6) is 0 Å². The van der Waals surface area contributed by atoms with Gasteiger partial charge in [0.1, 0.15) is 0 Å². The lowest BCUT2D eigenvalue weighted by molar-refractivity contribution is 0.102. The second-order valence-electron chi connectivity index (χ2n) is 3.92. The molecule has 2 nitrogen and oxygen atoms in total. The van der Waals surface area contributed by atoms with Gasteiger partial charge in [-0.1, -0.05) is 36.4 Å². The van der Waals surface area contributed by atoms with Gasteiger partial charge in [0.05, 0.1) is 5.69 Å². The number of hydrogen-bond donors (Lipinski definition) is 1. The van der Waals surface area contributed by atoms with E-state index < -0.39 is 0 Å². The molecule has 0 unspecified atom stereocenters. The summed E-state index contributed by atoms with van der Waals surface area (Å²) in [7, 11) is 0. The molecule has 0 heterocycles. The van der Waals surface area contributed by atoms with Gasteiger partial charge in [0.2, 0.25) is 0 Å². The molecule has 0 saturated carbocycles. The van der Waals surface area contributed by atoms with Crippen molar-refractivity contribution in [1.29, 1.82) is 0 Å². The number of amides is 1. The van der Waals surface area contributed by atoms with E-state index in [1.54, 1.807) is 23.9 Å². The SMILES string of the molecule is C=CCSc1ccccc1NC(=O)c1ccccc1. The highest BCUT2D eigenvalue weighted by molar-refractivity contribution is 7.99. The predicted octanol–water partition coefficient (Wildman–Crippen LogP) is 4.22. The summed E-state index contributed by atoms with van der Waals surface area (Å²) in [6, 6.07) is 17.0. The highest BCUT2D eigenvalue weighted by atomic mass is 32.2. The molecule has 3 heteroatoms. The maximum absolute atomic E-state index is 12.1. The van der Waals surface area contributed by atoms with Gasteiger partial charge in [-0.05, 0) is 24.3 Å². The van der Waals surface area contributed by atoms with Crippen LogP contribution < -0.4 is 5.32 Å². The minimum atomic E-state index is -0.0905. The first kappa shape index (κ1) is 13.4. The van der Waals surface area contributed by atoms with E-state index in [4.69, 9.17) is 0 Å². The lowest BCUT2D eigenvalue weighted by Gasteiger charge is -2.09. The van der Waals surface area contributed by atoms with Crippen LogP contribution in [0.15, 0.2) is 72.1 Å². The fourth-order valence-electron chi connectivity index (χ4n) is 1.63. The normalized spacial score (nSPS) is 9.89. The number of para-hydroxylation sites is 1. The van der Waals surface area contributed by atoms with E-state index in [0.717, 1.165) is 16.3 Å². The third kappa shape index (κ3) is 3.73.